The molecular weight excluding hydrogens is 378 g/mol. The van der Waals surface area contributed by atoms with E-state index in [-0.39, 0.29) is 12.2 Å². The first-order chi connectivity index (χ1) is 11.2. The minimum absolute atomic E-state index is 0.113. The number of carbonyl (C=O) groups is 2. The molecule has 0 aromatic heterocycles. The third kappa shape index (κ3) is 4.87. The molecule has 0 saturated carbocycles. The summed E-state index contributed by atoms with van der Waals surface area (Å²) < 4.78 is 16.7. The number of halogens is 1. The Morgan fingerprint density at radius 1 is 1.29 bits per heavy atom. The van der Waals surface area contributed by atoms with Gasteiger partial charge in [-0.25, -0.2) is 9.59 Å². The molecule has 0 aliphatic carbocycles. The number of likely N-dealkylation sites (tertiary alicyclic amines) is 1. The normalized spacial score (nSPS) is 17.5. The van der Waals surface area contributed by atoms with Crippen LogP contribution in [0, 0.1) is 0 Å². The molecule has 1 heterocycles. The van der Waals surface area contributed by atoms with Crippen LogP contribution in [-0.4, -0.2) is 48.9 Å². The molecule has 0 spiro atoms. The number of esters is 1. The van der Waals surface area contributed by atoms with Crippen LogP contribution >= 0.6 is 15.9 Å². The van der Waals surface area contributed by atoms with Crippen molar-refractivity contribution in [2.45, 2.75) is 38.9 Å². The second-order valence-corrected chi connectivity index (χ2v) is 7.45. The van der Waals surface area contributed by atoms with Crippen molar-refractivity contribution in [3.63, 3.8) is 0 Å². The highest BCUT2D eigenvalue weighted by Crippen LogP contribution is 2.29. The first-order valence-corrected chi connectivity index (χ1v) is 8.51. The largest absolute Gasteiger partial charge is 0.487 e. The van der Waals surface area contributed by atoms with Crippen molar-refractivity contribution in [3.05, 3.63) is 28.2 Å². The maximum Gasteiger partial charge on any atom is 0.410 e. The monoisotopic (exact) mass is 399 g/mol. The van der Waals surface area contributed by atoms with Gasteiger partial charge < -0.3 is 19.1 Å². The quantitative estimate of drug-likeness (QED) is 0.726. The zero-order chi connectivity index (χ0) is 17.9. The van der Waals surface area contributed by atoms with Crippen LogP contribution in [-0.2, 0) is 9.47 Å². The molecule has 0 bridgehead atoms. The summed E-state index contributed by atoms with van der Waals surface area (Å²) in [7, 11) is 1.34. The van der Waals surface area contributed by atoms with Crippen molar-refractivity contribution in [3.8, 4) is 5.75 Å². The van der Waals surface area contributed by atoms with Crippen LogP contribution in [0.4, 0.5) is 4.79 Å². The number of carbonyl (C=O) groups excluding carboxylic acids is 2. The first-order valence-electron chi connectivity index (χ1n) is 7.72. The van der Waals surface area contributed by atoms with Crippen LogP contribution in [0.3, 0.4) is 0 Å². The summed E-state index contributed by atoms with van der Waals surface area (Å²) in [5.41, 5.74) is -0.0681. The Balaban J connectivity index is 1.96. The lowest BCUT2D eigenvalue weighted by Crippen LogP contribution is -2.36. The summed E-state index contributed by atoms with van der Waals surface area (Å²) in [4.78, 5) is 25.2. The molecule has 1 saturated heterocycles. The Bertz CT molecular complexity index is 626. The van der Waals surface area contributed by atoms with E-state index in [2.05, 4.69) is 20.7 Å². The minimum atomic E-state index is -0.511. The van der Waals surface area contributed by atoms with Crippen molar-refractivity contribution < 1.29 is 23.8 Å². The Morgan fingerprint density at radius 2 is 2.00 bits per heavy atom. The van der Waals surface area contributed by atoms with E-state index in [0.717, 1.165) is 6.42 Å². The van der Waals surface area contributed by atoms with Crippen molar-refractivity contribution in [2.24, 2.45) is 0 Å². The number of ether oxygens (including phenoxy) is 3. The number of hydrogen-bond acceptors (Lipinski definition) is 5. The Labute approximate surface area is 150 Å². The van der Waals surface area contributed by atoms with Gasteiger partial charge in [0, 0.05) is 13.0 Å². The van der Waals surface area contributed by atoms with Crippen LogP contribution in [0.25, 0.3) is 0 Å². The Morgan fingerprint density at radius 3 is 2.58 bits per heavy atom. The first kappa shape index (κ1) is 18.6. The van der Waals surface area contributed by atoms with Crippen LogP contribution in [0.15, 0.2) is 22.7 Å². The number of nitrogens with zero attached hydrogens (tertiary/aromatic N) is 1. The molecule has 6 nitrogen and oxygen atoms in total. The molecule has 24 heavy (non-hydrogen) atoms. The summed E-state index contributed by atoms with van der Waals surface area (Å²) in [6, 6.07) is 5.01. The van der Waals surface area contributed by atoms with E-state index in [9.17, 15) is 9.59 Å². The number of methoxy groups -OCH3 is 1. The van der Waals surface area contributed by atoms with Crippen molar-refractivity contribution >= 4 is 28.0 Å². The molecule has 1 aliphatic rings. The van der Waals surface area contributed by atoms with Gasteiger partial charge in [0.05, 0.1) is 23.7 Å². The van der Waals surface area contributed by atoms with Gasteiger partial charge in [-0.2, -0.15) is 0 Å². The predicted molar refractivity (Wildman–Crippen MR) is 92.3 cm³/mol. The van der Waals surface area contributed by atoms with Crippen LogP contribution in [0.5, 0.6) is 5.75 Å². The Hall–Kier alpha value is -1.76. The highest BCUT2D eigenvalue weighted by molar-refractivity contribution is 9.10. The zero-order valence-electron chi connectivity index (χ0n) is 14.3. The van der Waals surface area contributed by atoms with Gasteiger partial charge in [0.1, 0.15) is 17.5 Å². The fraction of sp³-hybridized carbons (Fsp3) is 0.529. The number of rotatable bonds is 3. The summed E-state index contributed by atoms with van der Waals surface area (Å²) >= 11 is 3.40. The van der Waals surface area contributed by atoms with Gasteiger partial charge in [0.15, 0.2) is 0 Å². The van der Waals surface area contributed by atoms with Crippen LogP contribution in [0.1, 0.15) is 37.6 Å². The van der Waals surface area contributed by atoms with Gasteiger partial charge in [-0.15, -0.1) is 0 Å². The van der Waals surface area contributed by atoms with Gasteiger partial charge in [0.25, 0.3) is 0 Å². The van der Waals surface area contributed by atoms with E-state index in [0.29, 0.717) is 28.9 Å². The molecule has 1 aromatic carbocycles. The second-order valence-electron chi connectivity index (χ2n) is 6.59. The minimum Gasteiger partial charge on any atom is -0.487 e. The number of amides is 1. The SMILES string of the molecule is COC(=O)c1ccc(O[C@@H]2CCN(C(=O)OC(C)(C)C)C2)c(Br)c1. The highest BCUT2D eigenvalue weighted by Gasteiger charge is 2.31. The topological polar surface area (TPSA) is 65.1 Å². The summed E-state index contributed by atoms with van der Waals surface area (Å²) in [6.07, 6.45) is 0.288. The molecule has 2 rings (SSSR count). The van der Waals surface area contributed by atoms with Crippen molar-refractivity contribution in [2.75, 3.05) is 20.2 Å². The maximum atomic E-state index is 12.1. The lowest BCUT2D eigenvalue weighted by Gasteiger charge is -2.24. The standard InChI is InChI=1S/C17H22BrNO5/c1-17(2,3)24-16(21)19-8-7-12(10-19)23-14-6-5-11(9-13(14)18)15(20)22-4/h5-6,9,12H,7-8,10H2,1-4H3/t12-/m1/s1. The Kier molecular flexibility index (Phi) is 5.74. The van der Waals surface area contributed by atoms with Gasteiger partial charge in [0.2, 0.25) is 0 Å². The maximum absolute atomic E-state index is 12.1. The van der Waals surface area contributed by atoms with Crippen LogP contribution < -0.4 is 4.74 Å². The smallest absolute Gasteiger partial charge is 0.410 e. The molecule has 7 heteroatoms. The van der Waals surface area contributed by atoms with Gasteiger partial charge in [-0.05, 0) is 54.9 Å². The fourth-order valence-corrected chi connectivity index (χ4v) is 2.81. The average Bonchev–Trinajstić information content (AvgIpc) is 2.95. The molecule has 1 aliphatic heterocycles. The van der Waals surface area contributed by atoms with Crippen LogP contribution in [0.2, 0.25) is 0 Å². The molecule has 0 N–H and O–H groups in total. The van der Waals surface area contributed by atoms with E-state index >= 15 is 0 Å². The summed E-state index contributed by atoms with van der Waals surface area (Å²) in [5.74, 6) is 0.220. The van der Waals surface area contributed by atoms with Gasteiger partial charge in [-0.3, -0.25) is 0 Å². The average molecular weight is 400 g/mol. The lowest BCUT2D eigenvalue weighted by atomic mass is 10.2. The molecule has 1 fully saturated rings. The fourth-order valence-electron chi connectivity index (χ4n) is 2.34. The summed E-state index contributed by atoms with van der Waals surface area (Å²) in [6.45, 7) is 6.59. The second kappa shape index (κ2) is 7.42. The molecule has 0 radical (unpaired) electrons. The van der Waals surface area contributed by atoms with E-state index < -0.39 is 11.6 Å². The molecule has 1 atom stereocenters. The molecular formula is C17H22BrNO5. The number of hydrogen-bond donors (Lipinski definition) is 0. The molecule has 132 valence electrons. The number of benzene rings is 1. The summed E-state index contributed by atoms with van der Waals surface area (Å²) in [5, 5.41) is 0. The van der Waals surface area contributed by atoms with Crippen molar-refractivity contribution in [1.29, 1.82) is 0 Å². The lowest BCUT2D eigenvalue weighted by molar-refractivity contribution is 0.0275. The molecule has 1 aromatic rings. The van der Waals surface area contributed by atoms with E-state index in [1.54, 1.807) is 23.1 Å². The third-order valence-electron chi connectivity index (χ3n) is 3.44. The van der Waals surface area contributed by atoms with E-state index in [4.69, 9.17) is 9.47 Å². The van der Waals surface area contributed by atoms with Crippen molar-refractivity contribution in [1.82, 2.24) is 4.90 Å². The third-order valence-corrected chi connectivity index (χ3v) is 4.06. The van der Waals surface area contributed by atoms with E-state index in [1.165, 1.54) is 7.11 Å². The zero-order valence-corrected chi connectivity index (χ0v) is 15.9. The van der Waals surface area contributed by atoms with E-state index in [1.807, 2.05) is 20.8 Å². The molecule has 1 amide bonds. The van der Waals surface area contributed by atoms with Gasteiger partial charge in [-0.1, -0.05) is 0 Å². The molecule has 0 unspecified atom stereocenters. The predicted octanol–water partition coefficient (Wildman–Crippen LogP) is 3.62. The highest BCUT2D eigenvalue weighted by atomic mass is 79.9. The van der Waals surface area contributed by atoms with Gasteiger partial charge >= 0.3 is 12.1 Å².